The van der Waals surface area contributed by atoms with Gasteiger partial charge >= 0.3 is 6.09 Å². The molecule has 180 valence electrons. The summed E-state index contributed by atoms with van der Waals surface area (Å²) in [5, 5.41) is 2.97. The molecule has 3 atom stereocenters. The molecule has 0 bridgehead atoms. The van der Waals surface area contributed by atoms with Gasteiger partial charge in [-0.1, -0.05) is 36.4 Å². The Morgan fingerprint density at radius 3 is 2.60 bits per heavy atom. The molecule has 3 aromatic carbocycles. The van der Waals surface area contributed by atoms with Gasteiger partial charge in [-0.05, 0) is 60.7 Å². The minimum atomic E-state index is -1.18. The number of Topliss-reactive ketones (excluding diaryl/α,β-unsaturated/α-hetero) is 1. The maximum absolute atomic E-state index is 13.6. The molecule has 5 rings (SSSR count). The third-order valence-electron chi connectivity index (χ3n) is 6.56. The highest BCUT2D eigenvalue weighted by molar-refractivity contribution is 6.04. The maximum Gasteiger partial charge on any atom is 0.408 e. The minimum absolute atomic E-state index is 0.172. The molecule has 0 fully saturated rings. The van der Waals surface area contributed by atoms with Gasteiger partial charge in [-0.15, -0.1) is 0 Å². The van der Waals surface area contributed by atoms with E-state index in [9.17, 15) is 9.59 Å². The Morgan fingerprint density at radius 2 is 1.77 bits per heavy atom. The number of carbonyl (C=O) groups is 2. The summed E-state index contributed by atoms with van der Waals surface area (Å²) < 4.78 is 22.6. The quantitative estimate of drug-likeness (QED) is 0.549. The number of aryl methyl sites for hydroxylation is 1. The van der Waals surface area contributed by atoms with Crippen LogP contribution in [0.1, 0.15) is 52.0 Å². The van der Waals surface area contributed by atoms with Gasteiger partial charge in [0.1, 0.15) is 17.2 Å². The largest absolute Gasteiger partial charge is 0.497 e. The fourth-order valence-electron chi connectivity index (χ4n) is 4.79. The van der Waals surface area contributed by atoms with Gasteiger partial charge in [-0.2, -0.15) is 0 Å². The van der Waals surface area contributed by atoms with Crippen LogP contribution in [0.25, 0.3) is 0 Å². The van der Waals surface area contributed by atoms with Crippen LogP contribution in [0.3, 0.4) is 0 Å². The SMILES string of the molecule is COc1cccc([C@@H]2Oc3ccc(OC)cc3C(=O)C2OC(=O)N[C@H]2CCCc3ccccc32)c1. The second-order valence-electron chi connectivity index (χ2n) is 8.66. The van der Waals surface area contributed by atoms with E-state index in [0.717, 1.165) is 24.8 Å². The molecule has 1 aliphatic carbocycles. The van der Waals surface area contributed by atoms with Crippen molar-refractivity contribution in [1.29, 1.82) is 0 Å². The van der Waals surface area contributed by atoms with Gasteiger partial charge in [0, 0.05) is 5.56 Å². The first-order valence-corrected chi connectivity index (χ1v) is 11.6. The third-order valence-corrected chi connectivity index (χ3v) is 6.56. The minimum Gasteiger partial charge on any atom is -0.497 e. The zero-order valence-electron chi connectivity index (χ0n) is 19.7. The van der Waals surface area contributed by atoms with E-state index in [0.29, 0.717) is 28.4 Å². The van der Waals surface area contributed by atoms with E-state index in [1.807, 2.05) is 30.3 Å². The average molecular weight is 474 g/mol. The Balaban J connectivity index is 1.44. The lowest BCUT2D eigenvalue weighted by atomic mass is 9.88. The Labute approximate surface area is 204 Å². The van der Waals surface area contributed by atoms with Crippen LogP contribution in [0, 0.1) is 0 Å². The van der Waals surface area contributed by atoms with Crippen molar-refractivity contribution in [2.24, 2.45) is 0 Å². The highest BCUT2D eigenvalue weighted by Crippen LogP contribution is 2.39. The van der Waals surface area contributed by atoms with Crippen LogP contribution in [-0.4, -0.2) is 32.2 Å². The number of benzene rings is 3. The molecule has 0 saturated carbocycles. The lowest BCUT2D eigenvalue weighted by molar-refractivity contribution is 0.00795. The van der Waals surface area contributed by atoms with Gasteiger partial charge in [-0.3, -0.25) is 4.79 Å². The van der Waals surface area contributed by atoms with Crippen molar-refractivity contribution >= 4 is 11.9 Å². The van der Waals surface area contributed by atoms with E-state index in [1.54, 1.807) is 37.4 Å². The third kappa shape index (κ3) is 4.54. The van der Waals surface area contributed by atoms with Crippen molar-refractivity contribution in [3.05, 3.63) is 89.0 Å². The number of hydrogen-bond donors (Lipinski definition) is 1. The number of alkyl carbamates (subject to hydrolysis) is 1. The molecule has 3 aromatic rings. The van der Waals surface area contributed by atoms with Gasteiger partial charge in [-0.25, -0.2) is 4.79 Å². The molecule has 7 nitrogen and oxygen atoms in total. The standard InChI is InChI=1S/C28H27NO6/c1-32-19-10-5-9-18(15-19)26-27(25(30)22-16-20(33-2)13-14-24(22)34-26)35-28(31)29-23-12-6-8-17-7-3-4-11-21(17)23/h3-5,7,9-11,13-16,23,26-27H,6,8,12H2,1-2H3,(H,29,31)/t23-,26-,27?/m0/s1. The first kappa shape index (κ1) is 22.8. The number of ketones is 1. The molecule has 35 heavy (non-hydrogen) atoms. The second kappa shape index (κ2) is 9.70. The van der Waals surface area contributed by atoms with Crippen LogP contribution in [-0.2, 0) is 11.2 Å². The molecule has 7 heteroatoms. The van der Waals surface area contributed by atoms with Gasteiger partial charge in [0.15, 0.2) is 6.10 Å². The van der Waals surface area contributed by atoms with Crippen LogP contribution >= 0.6 is 0 Å². The first-order chi connectivity index (χ1) is 17.1. The van der Waals surface area contributed by atoms with Crippen molar-refractivity contribution in [2.75, 3.05) is 14.2 Å². The fourth-order valence-corrected chi connectivity index (χ4v) is 4.79. The van der Waals surface area contributed by atoms with Crippen LogP contribution in [0.15, 0.2) is 66.7 Å². The van der Waals surface area contributed by atoms with Gasteiger partial charge in [0.2, 0.25) is 11.9 Å². The molecule has 0 spiro atoms. The van der Waals surface area contributed by atoms with E-state index in [4.69, 9.17) is 18.9 Å². The molecule has 1 unspecified atom stereocenters. The summed E-state index contributed by atoms with van der Waals surface area (Å²) in [6.45, 7) is 0. The zero-order chi connectivity index (χ0) is 24.4. The summed E-state index contributed by atoms with van der Waals surface area (Å²) in [6, 6.07) is 20.1. The predicted molar refractivity (Wildman–Crippen MR) is 129 cm³/mol. The van der Waals surface area contributed by atoms with Gasteiger partial charge in [0.25, 0.3) is 0 Å². The van der Waals surface area contributed by atoms with Crippen molar-refractivity contribution in [1.82, 2.24) is 5.32 Å². The van der Waals surface area contributed by atoms with Gasteiger partial charge in [0.05, 0.1) is 25.8 Å². The molecular formula is C28H27NO6. The molecule has 1 amide bonds. The van der Waals surface area contributed by atoms with Crippen molar-refractivity contribution in [2.45, 2.75) is 37.5 Å². The Kier molecular flexibility index (Phi) is 6.31. The molecule has 0 radical (unpaired) electrons. The topological polar surface area (TPSA) is 83.1 Å². The lowest BCUT2D eigenvalue weighted by Gasteiger charge is -2.33. The van der Waals surface area contributed by atoms with E-state index in [2.05, 4.69) is 11.4 Å². The molecule has 0 saturated heterocycles. The number of ether oxygens (including phenoxy) is 4. The monoisotopic (exact) mass is 473 g/mol. The first-order valence-electron chi connectivity index (χ1n) is 11.6. The number of rotatable bonds is 5. The smallest absolute Gasteiger partial charge is 0.408 e. The van der Waals surface area contributed by atoms with Crippen LogP contribution in [0.5, 0.6) is 17.2 Å². The van der Waals surface area contributed by atoms with E-state index >= 15 is 0 Å². The molecule has 1 N–H and O–H groups in total. The zero-order valence-corrected chi connectivity index (χ0v) is 19.7. The summed E-state index contributed by atoms with van der Waals surface area (Å²) in [4.78, 5) is 26.7. The molecule has 1 heterocycles. The number of fused-ring (bicyclic) bond motifs is 2. The maximum atomic E-state index is 13.6. The number of amides is 1. The van der Waals surface area contributed by atoms with Crippen molar-refractivity contribution in [3.63, 3.8) is 0 Å². The molecule has 2 aliphatic rings. The van der Waals surface area contributed by atoms with Crippen molar-refractivity contribution in [3.8, 4) is 17.2 Å². The van der Waals surface area contributed by atoms with Crippen LogP contribution in [0.4, 0.5) is 4.79 Å². The normalized spacial score (nSPS) is 20.6. The Bertz CT molecular complexity index is 1260. The second-order valence-corrected chi connectivity index (χ2v) is 8.66. The number of nitrogens with one attached hydrogen (secondary N) is 1. The summed E-state index contributed by atoms with van der Waals surface area (Å²) in [7, 11) is 3.09. The highest BCUT2D eigenvalue weighted by Gasteiger charge is 2.42. The Morgan fingerprint density at radius 1 is 0.971 bits per heavy atom. The highest BCUT2D eigenvalue weighted by atomic mass is 16.6. The Hall–Kier alpha value is -4.00. The van der Waals surface area contributed by atoms with E-state index in [1.165, 1.54) is 12.7 Å². The predicted octanol–water partition coefficient (Wildman–Crippen LogP) is 5.19. The number of hydrogen-bond acceptors (Lipinski definition) is 6. The lowest BCUT2D eigenvalue weighted by Crippen LogP contribution is -2.43. The summed E-state index contributed by atoms with van der Waals surface area (Å²) in [5.74, 6) is 1.19. The van der Waals surface area contributed by atoms with Crippen molar-refractivity contribution < 1.29 is 28.5 Å². The number of methoxy groups -OCH3 is 2. The van der Waals surface area contributed by atoms with Gasteiger partial charge < -0.3 is 24.3 Å². The fraction of sp³-hybridized carbons (Fsp3) is 0.286. The van der Waals surface area contributed by atoms with Crippen LogP contribution in [0.2, 0.25) is 0 Å². The summed E-state index contributed by atoms with van der Waals surface area (Å²) >= 11 is 0. The van der Waals surface area contributed by atoms with E-state index in [-0.39, 0.29) is 11.8 Å². The molecule has 1 aliphatic heterocycles. The molecule has 0 aromatic heterocycles. The summed E-state index contributed by atoms with van der Waals surface area (Å²) in [6.07, 6.45) is 0.0824. The van der Waals surface area contributed by atoms with E-state index < -0.39 is 18.3 Å². The van der Waals surface area contributed by atoms with Crippen LogP contribution < -0.4 is 19.5 Å². The summed E-state index contributed by atoms with van der Waals surface area (Å²) in [5.41, 5.74) is 3.28. The molecular weight excluding hydrogens is 446 g/mol. The average Bonchev–Trinajstić information content (AvgIpc) is 2.90. The number of carbonyl (C=O) groups excluding carboxylic acids is 2.